The highest BCUT2D eigenvalue weighted by molar-refractivity contribution is 5.87. The fraction of sp³-hybridized carbons (Fsp3) is 0.431. The van der Waals surface area contributed by atoms with Crippen LogP contribution < -0.4 is 15.5 Å². The second-order valence-corrected chi connectivity index (χ2v) is 16.5. The summed E-state index contributed by atoms with van der Waals surface area (Å²) in [6, 6.07) is 22.5. The van der Waals surface area contributed by atoms with Crippen LogP contribution in [0.3, 0.4) is 0 Å². The number of benzene rings is 3. The molecule has 0 bridgehead atoms. The fourth-order valence-corrected chi connectivity index (χ4v) is 9.08. The van der Waals surface area contributed by atoms with Crippen molar-refractivity contribution in [3.05, 3.63) is 136 Å². The summed E-state index contributed by atoms with van der Waals surface area (Å²) in [4.78, 5) is 4.83. The lowest BCUT2D eigenvalue weighted by Gasteiger charge is -2.34. The van der Waals surface area contributed by atoms with E-state index in [0.29, 0.717) is 5.92 Å². The Morgan fingerprint density at radius 2 is 1.77 bits per heavy atom. The highest BCUT2D eigenvalue weighted by atomic mass is 16.3. The van der Waals surface area contributed by atoms with Gasteiger partial charge in [-0.1, -0.05) is 94.0 Å². The Kier molecular flexibility index (Phi) is 15.2. The second kappa shape index (κ2) is 20.7. The molecule has 0 radical (unpaired) electrons. The molecule has 1 fully saturated rings. The summed E-state index contributed by atoms with van der Waals surface area (Å²) in [6.07, 6.45) is 20.6. The minimum atomic E-state index is 0.137. The number of aliphatic hydroxyl groups excluding tert-OH is 1. The van der Waals surface area contributed by atoms with Crippen molar-refractivity contribution in [3.63, 3.8) is 0 Å². The maximum absolute atomic E-state index is 10.2. The lowest BCUT2D eigenvalue weighted by atomic mass is 9.83. The van der Waals surface area contributed by atoms with Gasteiger partial charge in [-0.05, 0) is 152 Å². The highest BCUT2D eigenvalue weighted by Crippen LogP contribution is 2.42. The molecule has 1 aliphatic heterocycles. The van der Waals surface area contributed by atoms with Crippen LogP contribution in [0.2, 0.25) is 0 Å². The Balaban J connectivity index is 1.04. The molecule has 0 aromatic heterocycles. The minimum Gasteiger partial charge on any atom is -0.508 e. The average Bonchev–Trinajstić information content (AvgIpc) is 3.43. The van der Waals surface area contributed by atoms with Crippen LogP contribution in [0.5, 0.6) is 0 Å². The molecule has 57 heavy (non-hydrogen) atoms. The summed E-state index contributed by atoms with van der Waals surface area (Å²) >= 11 is 0. The molecule has 1 heterocycles. The van der Waals surface area contributed by atoms with Gasteiger partial charge in [-0.3, -0.25) is 4.90 Å². The third-order valence-electron chi connectivity index (χ3n) is 12.4. The molecule has 6 heteroatoms. The number of rotatable bonds is 19. The SMILES string of the molecule is C=Cc1ccc(NCCNCC2CCN(c3ccc(C4=C(C5=CC=C(CCC)CC5)CCCc5cc(C(=C)O)ccc54)cc3)CC2)cc1CN(C)C(C=N)CCC. The van der Waals surface area contributed by atoms with E-state index in [1.807, 2.05) is 12.1 Å². The van der Waals surface area contributed by atoms with E-state index in [0.717, 1.165) is 101 Å². The number of nitrogens with zero attached hydrogens (tertiary/aromatic N) is 2. The topological polar surface area (TPSA) is 74.6 Å². The first kappa shape index (κ1) is 42.0. The number of anilines is 2. The lowest BCUT2D eigenvalue weighted by Crippen LogP contribution is -2.38. The van der Waals surface area contributed by atoms with Crippen LogP contribution in [0.1, 0.15) is 111 Å². The number of fused-ring (bicyclic) bond motifs is 1. The molecule has 6 nitrogen and oxygen atoms in total. The Morgan fingerprint density at radius 1 is 0.965 bits per heavy atom. The summed E-state index contributed by atoms with van der Waals surface area (Å²) in [5, 5.41) is 25.4. The fourth-order valence-electron chi connectivity index (χ4n) is 9.08. The summed E-state index contributed by atoms with van der Waals surface area (Å²) in [5.41, 5.74) is 15.5. The van der Waals surface area contributed by atoms with Gasteiger partial charge in [-0.15, -0.1) is 0 Å². The predicted molar refractivity (Wildman–Crippen MR) is 246 cm³/mol. The van der Waals surface area contributed by atoms with Crippen LogP contribution in [0, 0.1) is 11.3 Å². The van der Waals surface area contributed by atoms with Crippen molar-refractivity contribution in [3.8, 4) is 0 Å². The molecule has 1 saturated heterocycles. The highest BCUT2D eigenvalue weighted by Gasteiger charge is 2.24. The van der Waals surface area contributed by atoms with Crippen molar-refractivity contribution >= 4 is 35.0 Å². The molecule has 3 aromatic carbocycles. The molecule has 6 rings (SSSR count). The normalized spacial score (nSPS) is 16.7. The van der Waals surface area contributed by atoms with Gasteiger partial charge in [-0.2, -0.15) is 0 Å². The predicted octanol–water partition coefficient (Wildman–Crippen LogP) is 11.6. The van der Waals surface area contributed by atoms with Crippen molar-refractivity contribution in [2.24, 2.45) is 5.92 Å². The number of allylic oxidation sites excluding steroid dienone is 5. The van der Waals surface area contributed by atoms with E-state index in [-0.39, 0.29) is 11.8 Å². The average molecular weight is 766 g/mol. The summed E-state index contributed by atoms with van der Waals surface area (Å²) in [6.45, 7) is 18.1. The smallest absolute Gasteiger partial charge is 0.115 e. The largest absolute Gasteiger partial charge is 0.508 e. The van der Waals surface area contributed by atoms with Gasteiger partial charge >= 0.3 is 0 Å². The molecule has 1 atom stereocenters. The number of nitrogens with one attached hydrogen (secondary N) is 3. The number of piperidine rings is 1. The van der Waals surface area contributed by atoms with Crippen molar-refractivity contribution in [1.82, 2.24) is 10.2 Å². The number of aliphatic hydroxyl groups is 1. The zero-order chi connectivity index (χ0) is 40.1. The molecule has 0 saturated carbocycles. The van der Waals surface area contributed by atoms with Gasteiger partial charge < -0.3 is 26.0 Å². The van der Waals surface area contributed by atoms with Gasteiger partial charge in [-0.25, -0.2) is 0 Å². The quantitative estimate of drug-likeness (QED) is 0.0556. The third kappa shape index (κ3) is 10.9. The van der Waals surface area contributed by atoms with Gasteiger partial charge in [0.2, 0.25) is 0 Å². The zero-order valence-corrected chi connectivity index (χ0v) is 35.0. The first-order chi connectivity index (χ1) is 27.8. The van der Waals surface area contributed by atoms with Gasteiger partial charge in [0.1, 0.15) is 5.76 Å². The molecule has 4 N–H and O–H groups in total. The van der Waals surface area contributed by atoms with Crippen LogP contribution in [0.15, 0.2) is 103 Å². The molecule has 3 aromatic rings. The standard InChI is InChI=1S/C51H67N5O/c1-6-10-38-14-16-41(17-15-38)49-13-9-12-44-32-43(37(4)57)21-25-50(44)51(49)42-19-23-47(24-20-42)56-30-26-39(27-31-56)35-53-28-29-54-46-22-18-40(8-3)45(33-46)36-55(5)48(34-52)11-7-2/h8,14,16,18-25,32-34,39,48,52-54,57H,3-4,6-7,9-13,15,17,26-31,35-36H2,1-2,5H3. The molecule has 3 aliphatic rings. The summed E-state index contributed by atoms with van der Waals surface area (Å²) < 4.78 is 0. The van der Waals surface area contributed by atoms with Crippen LogP contribution in [-0.2, 0) is 13.0 Å². The maximum Gasteiger partial charge on any atom is 0.115 e. The first-order valence-electron chi connectivity index (χ1n) is 21.7. The van der Waals surface area contributed by atoms with E-state index in [1.165, 1.54) is 70.3 Å². The molecule has 302 valence electrons. The Hall–Kier alpha value is -4.65. The Labute approximate surface area is 343 Å². The van der Waals surface area contributed by atoms with Gasteiger partial charge in [0.25, 0.3) is 0 Å². The summed E-state index contributed by atoms with van der Waals surface area (Å²) in [7, 11) is 2.11. The lowest BCUT2D eigenvalue weighted by molar-refractivity contribution is 0.279. The Morgan fingerprint density at radius 3 is 2.46 bits per heavy atom. The molecule has 2 aliphatic carbocycles. The van der Waals surface area contributed by atoms with Crippen molar-refractivity contribution < 1.29 is 5.11 Å². The minimum absolute atomic E-state index is 0.137. The summed E-state index contributed by atoms with van der Waals surface area (Å²) in [5.74, 6) is 0.823. The molecule has 1 unspecified atom stereocenters. The van der Waals surface area contributed by atoms with E-state index < -0.39 is 0 Å². The molecule has 0 amide bonds. The molecular formula is C51H67N5O. The number of hydrogen-bond donors (Lipinski definition) is 4. The number of aryl methyl sites for hydroxylation is 1. The second-order valence-electron chi connectivity index (χ2n) is 16.5. The maximum atomic E-state index is 10.2. The van der Waals surface area contributed by atoms with E-state index >= 15 is 0 Å². The van der Waals surface area contributed by atoms with E-state index in [9.17, 15) is 5.11 Å². The third-order valence-corrected chi connectivity index (χ3v) is 12.4. The van der Waals surface area contributed by atoms with E-state index in [2.05, 4.69) is 121 Å². The van der Waals surface area contributed by atoms with Gasteiger partial charge in [0, 0.05) is 61.9 Å². The van der Waals surface area contributed by atoms with Gasteiger partial charge in [0.15, 0.2) is 0 Å². The van der Waals surface area contributed by atoms with Gasteiger partial charge in [0.05, 0.1) is 0 Å². The van der Waals surface area contributed by atoms with Crippen molar-refractivity contribution in [2.45, 2.75) is 97.1 Å². The monoisotopic (exact) mass is 766 g/mol. The van der Waals surface area contributed by atoms with Crippen molar-refractivity contribution in [1.29, 1.82) is 5.41 Å². The molecule has 0 spiro atoms. The van der Waals surface area contributed by atoms with Crippen LogP contribution in [0.25, 0.3) is 17.4 Å². The Bertz CT molecular complexity index is 1940. The van der Waals surface area contributed by atoms with Crippen LogP contribution >= 0.6 is 0 Å². The van der Waals surface area contributed by atoms with E-state index in [4.69, 9.17) is 5.41 Å². The zero-order valence-electron chi connectivity index (χ0n) is 35.0. The van der Waals surface area contributed by atoms with Crippen LogP contribution in [0.4, 0.5) is 11.4 Å². The number of hydrogen-bond acceptors (Lipinski definition) is 6. The van der Waals surface area contributed by atoms with Crippen LogP contribution in [-0.4, -0.2) is 62.0 Å². The first-order valence-corrected chi connectivity index (χ1v) is 21.7. The van der Waals surface area contributed by atoms with E-state index in [1.54, 1.807) is 11.8 Å². The molecular weight excluding hydrogens is 699 g/mol. The van der Waals surface area contributed by atoms with Crippen molar-refractivity contribution in [2.75, 3.05) is 50.0 Å².